The predicted octanol–water partition coefficient (Wildman–Crippen LogP) is 5.34. The van der Waals surface area contributed by atoms with Crippen molar-refractivity contribution < 1.29 is 8.81 Å². The first-order valence-electron chi connectivity index (χ1n) is 7.61. The third-order valence-electron chi connectivity index (χ3n) is 4.18. The average Bonchev–Trinajstić information content (AvgIpc) is 3.05. The predicted molar refractivity (Wildman–Crippen MR) is 92.2 cm³/mol. The maximum atomic E-state index is 13.4. The van der Waals surface area contributed by atoms with Gasteiger partial charge in [0.05, 0.1) is 11.0 Å². The molecule has 2 aromatic carbocycles. The molecule has 3 heterocycles. The van der Waals surface area contributed by atoms with E-state index >= 15 is 0 Å². The molecule has 3 nitrogen and oxygen atoms in total. The van der Waals surface area contributed by atoms with E-state index in [1.165, 1.54) is 12.1 Å². The monoisotopic (exact) mass is 314 g/mol. The molecule has 3 aromatic heterocycles. The quantitative estimate of drug-likeness (QED) is 0.419. The Kier molecular flexibility index (Phi) is 2.67. The average molecular weight is 314 g/mol. The van der Waals surface area contributed by atoms with Gasteiger partial charge in [-0.2, -0.15) is 0 Å². The number of pyridine rings is 2. The van der Waals surface area contributed by atoms with Crippen LogP contribution in [0.3, 0.4) is 0 Å². The molecular weight excluding hydrogens is 303 g/mol. The first-order valence-corrected chi connectivity index (χ1v) is 7.61. The standard InChI is InChI=1S/C20H11FN2O/c21-15-5-6-16-18(9-15)23-11-14-8-19(24-20(14)16)13-7-12-3-1-2-4-17(12)22-10-13/h1-11H. The van der Waals surface area contributed by atoms with Crippen molar-refractivity contribution in [2.45, 2.75) is 0 Å². The summed E-state index contributed by atoms with van der Waals surface area (Å²) < 4.78 is 19.4. The zero-order valence-electron chi connectivity index (χ0n) is 12.5. The van der Waals surface area contributed by atoms with Gasteiger partial charge in [0.1, 0.15) is 17.2 Å². The van der Waals surface area contributed by atoms with Gasteiger partial charge in [-0.25, -0.2) is 4.39 Å². The summed E-state index contributed by atoms with van der Waals surface area (Å²) in [6.45, 7) is 0. The lowest BCUT2D eigenvalue weighted by atomic mass is 10.1. The molecule has 0 N–H and O–H groups in total. The molecule has 0 saturated heterocycles. The lowest BCUT2D eigenvalue weighted by molar-refractivity contribution is 0.628. The smallest absolute Gasteiger partial charge is 0.145 e. The third kappa shape index (κ3) is 1.97. The second kappa shape index (κ2) is 4.86. The van der Waals surface area contributed by atoms with Gasteiger partial charge in [0.25, 0.3) is 0 Å². The summed E-state index contributed by atoms with van der Waals surface area (Å²) in [5.41, 5.74) is 3.14. The van der Waals surface area contributed by atoms with Crippen LogP contribution in [0, 0.1) is 5.82 Å². The van der Waals surface area contributed by atoms with Crippen molar-refractivity contribution in [1.82, 2.24) is 9.97 Å². The fraction of sp³-hybridized carbons (Fsp3) is 0. The number of fused-ring (bicyclic) bond motifs is 4. The molecule has 0 aliphatic carbocycles. The minimum Gasteiger partial charge on any atom is -0.455 e. The zero-order valence-corrected chi connectivity index (χ0v) is 12.5. The highest BCUT2D eigenvalue weighted by Gasteiger charge is 2.11. The van der Waals surface area contributed by atoms with Gasteiger partial charge < -0.3 is 4.42 Å². The molecule has 4 heteroatoms. The fourth-order valence-corrected chi connectivity index (χ4v) is 3.00. The van der Waals surface area contributed by atoms with E-state index in [0.717, 1.165) is 33.0 Å². The largest absolute Gasteiger partial charge is 0.455 e. The molecule has 0 unspecified atom stereocenters. The van der Waals surface area contributed by atoms with Gasteiger partial charge in [0.15, 0.2) is 0 Å². The Bertz CT molecular complexity index is 1230. The summed E-state index contributed by atoms with van der Waals surface area (Å²) in [6, 6.07) is 16.5. The van der Waals surface area contributed by atoms with Crippen LogP contribution in [0.1, 0.15) is 0 Å². The molecule has 0 spiro atoms. The van der Waals surface area contributed by atoms with Crippen molar-refractivity contribution >= 4 is 32.8 Å². The van der Waals surface area contributed by atoms with Crippen LogP contribution in [0.5, 0.6) is 0 Å². The maximum Gasteiger partial charge on any atom is 0.145 e. The highest BCUT2D eigenvalue weighted by molar-refractivity contribution is 6.03. The first kappa shape index (κ1) is 13.2. The molecule has 114 valence electrons. The Morgan fingerprint density at radius 1 is 0.792 bits per heavy atom. The number of hydrogen-bond acceptors (Lipinski definition) is 3. The summed E-state index contributed by atoms with van der Waals surface area (Å²) in [5.74, 6) is 0.418. The molecule has 5 aromatic rings. The van der Waals surface area contributed by atoms with Crippen LogP contribution < -0.4 is 0 Å². The Labute approximate surface area is 136 Å². The Morgan fingerprint density at radius 3 is 2.62 bits per heavy atom. The topological polar surface area (TPSA) is 38.9 Å². The normalized spacial score (nSPS) is 11.5. The van der Waals surface area contributed by atoms with Gasteiger partial charge in [0, 0.05) is 40.2 Å². The molecule has 0 amide bonds. The number of halogens is 1. The van der Waals surface area contributed by atoms with Gasteiger partial charge >= 0.3 is 0 Å². The summed E-state index contributed by atoms with van der Waals surface area (Å²) in [5, 5.41) is 2.74. The SMILES string of the molecule is Fc1ccc2c(c1)ncc1cc(-c3cnc4ccccc4c3)oc12. The van der Waals surface area contributed by atoms with Gasteiger partial charge in [-0.15, -0.1) is 0 Å². The van der Waals surface area contributed by atoms with Crippen molar-refractivity contribution in [2.24, 2.45) is 0 Å². The Hall–Kier alpha value is -3.27. The van der Waals surface area contributed by atoms with E-state index < -0.39 is 0 Å². The fourth-order valence-electron chi connectivity index (χ4n) is 3.00. The highest BCUT2D eigenvalue weighted by atomic mass is 19.1. The van der Waals surface area contributed by atoms with Crippen LogP contribution in [0.2, 0.25) is 0 Å². The summed E-state index contributed by atoms with van der Waals surface area (Å²) in [7, 11) is 0. The van der Waals surface area contributed by atoms with Crippen molar-refractivity contribution in [3.63, 3.8) is 0 Å². The molecule has 0 aliphatic rings. The summed E-state index contributed by atoms with van der Waals surface area (Å²) in [6.07, 6.45) is 3.51. The first-order chi connectivity index (χ1) is 11.8. The molecule has 0 saturated carbocycles. The van der Waals surface area contributed by atoms with E-state index in [1.807, 2.05) is 30.3 Å². The molecule has 5 rings (SSSR count). The number of para-hydroxylation sites is 1. The van der Waals surface area contributed by atoms with Gasteiger partial charge in [-0.1, -0.05) is 18.2 Å². The van der Waals surface area contributed by atoms with Crippen LogP contribution in [0.4, 0.5) is 4.39 Å². The van der Waals surface area contributed by atoms with E-state index in [1.54, 1.807) is 18.5 Å². The number of furan rings is 1. The maximum absolute atomic E-state index is 13.4. The van der Waals surface area contributed by atoms with Gasteiger partial charge in [-0.3, -0.25) is 9.97 Å². The number of nitrogens with zero attached hydrogens (tertiary/aromatic N) is 2. The molecule has 0 fully saturated rings. The van der Waals surface area contributed by atoms with Gasteiger partial charge in [-0.05, 0) is 30.3 Å². The molecule has 0 atom stereocenters. The van der Waals surface area contributed by atoms with Crippen molar-refractivity contribution in [2.75, 3.05) is 0 Å². The minimum absolute atomic E-state index is 0.306. The number of rotatable bonds is 1. The summed E-state index contributed by atoms with van der Waals surface area (Å²) in [4.78, 5) is 8.79. The molecule has 0 bridgehead atoms. The third-order valence-corrected chi connectivity index (χ3v) is 4.18. The van der Waals surface area contributed by atoms with E-state index in [9.17, 15) is 4.39 Å². The zero-order chi connectivity index (χ0) is 16.1. The molecule has 24 heavy (non-hydrogen) atoms. The van der Waals surface area contributed by atoms with Crippen molar-refractivity contribution in [3.05, 3.63) is 72.8 Å². The molecular formula is C20H11FN2O. The second-order valence-corrected chi connectivity index (χ2v) is 5.73. The van der Waals surface area contributed by atoms with Crippen molar-refractivity contribution in [1.29, 1.82) is 0 Å². The molecule has 0 aliphatic heterocycles. The Balaban J connectivity index is 1.75. The van der Waals surface area contributed by atoms with E-state index in [2.05, 4.69) is 16.0 Å². The van der Waals surface area contributed by atoms with Gasteiger partial charge in [0.2, 0.25) is 0 Å². The van der Waals surface area contributed by atoms with Crippen LogP contribution in [-0.4, -0.2) is 9.97 Å². The van der Waals surface area contributed by atoms with Crippen molar-refractivity contribution in [3.8, 4) is 11.3 Å². The van der Waals surface area contributed by atoms with Crippen LogP contribution in [0.25, 0.3) is 44.1 Å². The number of hydrogen-bond donors (Lipinski definition) is 0. The number of benzene rings is 2. The van der Waals surface area contributed by atoms with E-state index in [-0.39, 0.29) is 5.82 Å². The van der Waals surface area contributed by atoms with Crippen LogP contribution >= 0.6 is 0 Å². The summed E-state index contributed by atoms with van der Waals surface area (Å²) >= 11 is 0. The minimum atomic E-state index is -0.306. The van der Waals surface area contributed by atoms with Crippen LogP contribution in [-0.2, 0) is 0 Å². The number of aromatic nitrogens is 2. The lowest BCUT2D eigenvalue weighted by Crippen LogP contribution is -1.81. The second-order valence-electron chi connectivity index (χ2n) is 5.73. The van der Waals surface area contributed by atoms with E-state index in [0.29, 0.717) is 11.1 Å². The van der Waals surface area contributed by atoms with E-state index in [4.69, 9.17) is 4.42 Å². The lowest BCUT2D eigenvalue weighted by Gasteiger charge is -2.00. The Morgan fingerprint density at radius 2 is 1.67 bits per heavy atom. The highest BCUT2D eigenvalue weighted by Crippen LogP contribution is 2.32. The molecule has 0 radical (unpaired) electrons. The van der Waals surface area contributed by atoms with Crippen LogP contribution in [0.15, 0.2) is 71.4 Å².